The van der Waals surface area contributed by atoms with Gasteiger partial charge in [0.05, 0.1) is 6.54 Å². The van der Waals surface area contributed by atoms with Gasteiger partial charge in [-0.05, 0) is 0 Å². The van der Waals surface area contributed by atoms with Crippen LogP contribution >= 0.6 is 11.3 Å². The first-order chi connectivity index (χ1) is 13.9. The number of aliphatic carboxylic acids is 1. The molecule has 1 aromatic rings. The zero-order chi connectivity index (χ0) is 22.7. The summed E-state index contributed by atoms with van der Waals surface area (Å²) < 4.78 is 35.9. The number of nitrogens with one attached hydrogen (secondary N) is 1. The second kappa shape index (κ2) is 8.47. The fourth-order valence-corrected chi connectivity index (χ4v) is 3.49. The number of β-lactam (4-membered cyclic amide) rings is 1. The van der Waals surface area contributed by atoms with Crippen LogP contribution in [0.15, 0.2) is 10.5 Å². The number of anilines is 1. The minimum atomic E-state index is -4.94. The van der Waals surface area contributed by atoms with Gasteiger partial charge in [-0.1, -0.05) is 5.16 Å². The number of oxime groups is 1. The van der Waals surface area contributed by atoms with E-state index >= 15 is 0 Å². The number of carbonyl (C=O) groups is 4. The van der Waals surface area contributed by atoms with E-state index in [2.05, 4.69) is 25.0 Å². The van der Waals surface area contributed by atoms with Crippen molar-refractivity contribution in [3.05, 3.63) is 11.1 Å². The number of aromatic nitrogens is 1. The first-order valence-corrected chi connectivity index (χ1v) is 9.81. The molecule has 0 spiro atoms. The molecule has 0 radical (unpaired) electrons. The van der Waals surface area contributed by atoms with E-state index in [0.717, 1.165) is 11.3 Å². The number of carboxylic acid groups (broad SMARTS) is 1. The Balaban J connectivity index is 2.31. The maximum absolute atomic E-state index is 12.7. The van der Waals surface area contributed by atoms with Gasteiger partial charge >= 0.3 is 22.4 Å². The summed E-state index contributed by atoms with van der Waals surface area (Å²) in [6.45, 7) is -2.59. The molecule has 1 aliphatic rings. The average molecular weight is 466 g/mol. The molecule has 0 bridgehead atoms. The first kappa shape index (κ1) is 22.8. The number of thiazole rings is 1. The van der Waals surface area contributed by atoms with E-state index in [0.29, 0.717) is 0 Å². The van der Waals surface area contributed by atoms with Crippen molar-refractivity contribution in [3.8, 4) is 0 Å². The van der Waals surface area contributed by atoms with Crippen molar-refractivity contribution in [2.75, 3.05) is 25.5 Å². The number of carbonyl (C=O) groups excluding carboxylic acids is 3. The van der Waals surface area contributed by atoms with Crippen LogP contribution in [-0.2, 0) is 34.3 Å². The summed E-state index contributed by atoms with van der Waals surface area (Å²) in [5.41, 5.74) is 7.45. The molecule has 2 rings (SSSR count). The van der Waals surface area contributed by atoms with Crippen LogP contribution in [0.1, 0.15) is 5.69 Å². The molecular formula is C12H14N6O10S2. The van der Waals surface area contributed by atoms with Crippen LogP contribution in [0.5, 0.6) is 0 Å². The van der Waals surface area contributed by atoms with Gasteiger partial charge in [0, 0.05) is 5.38 Å². The van der Waals surface area contributed by atoms with Crippen LogP contribution in [0.25, 0.3) is 0 Å². The summed E-state index contributed by atoms with van der Waals surface area (Å²) in [5.74, 6) is -3.91. The molecular weight excluding hydrogens is 452 g/mol. The number of carboxylic acids is 1. The molecule has 1 aliphatic heterocycles. The lowest BCUT2D eigenvalue weighted by molar-refractivity contribution is -0.150. The number of nitrogen functional groups attached to an aromatic ring is 1. The fraction of sp³-hybridized carbons (Fsp3) is 0.333. The van der Waals surface area contributed by atoms with Gasteiger partial charge in [-0.3, -0.25) is 14.1 Å². The molecule has 1 atom stereocenters. The Hall–Kier alpha value is -3.51. The lowest BCUT2D eigenvalue weighted by Crippen LogP contribution is -2.77. The molecule has 0 aromatic carbocycles. The molecule has 16 nitrogen and oxygen atoms in total. The summed E-state index contributed by atoms with van der Waals surface area (Å²) in [6.07, 6.45) is -1.33. The number of hydrogen-bond donors (Lipinski definition) is 5. The molecule has 0 saturated carbocycles. The largest absolute Gasteiger partial charge is 0.479 e. The zero-order valence-electron chi connectivity index (χ0n) is 14.7. The van der Waals surface area contributed by atoms with E-state index in [9.17, 15) is 27.6 Å². The number of primary amides is 1. The van der Waals surface area contributed by atoms with Gasteiger partial charge in [0.25, 0.3) is 11.8 Å². The maximum atomic E-state index is 12.7. The van der Waals surface area contributed by atoms with Gasteiger partial charge in [-0.2, -0.15) is 8.42 Å². The SMILES string of the molecule is NC(=O)OC[C@@]1(NC(=O)C(=NOCC(=O)O)c2csc(N)n2)CN(S(=O)(=O)O)C1=O. The number of rotatable bonds is 9. The summed E-state index contributed by atoms with van der Waals surface area (Å²) in [5, 5.41) is 15.4. The standard InChI is InChI=1S/C12H14N6O10S2/c13-10-15-5(2-29-10)7(17-28-1-6(19)20)8(21)16-12(4-27-11(14)23)3-18(9(12)22)30(24,25)26/h2H,1,3-4H2,(H2,13,15)(H2,14,23)(H,16,21)(H,19,20)(H,24,25,26)/t12-/m0/s1. The van der Waals surface area contributed by atoms with Gasteiger partial charge < -0.3 is 31.5 Å². The third-order valence-corrected chi connectivity index (χ3v) is 4.99. The van der Waals surface area contributed by atoms with Crippen LogP contribution in [0.3, 0.4) is 0 Å². The van der Waals surface area contributed by atoms with Crippen LogP contribution in [0.4, 0.5) is 9.93 Å². The number of hydrogen-bond acceptors (Lipinski definition) is 12. The lowest BCUT2D eigenvalue weighted by atomic mass is 9.91. The minimum Gasteiger partial charge on any atom is -0.479 e. The van der Waals surface area contributed by atoms with Crippen LogP contribution in [0.2, 0.25) is 0 Å². The Kier molecular flexibility index (Phi) is 6.43. The second-order valence-corrected chi connectivity index (χ2v) is 7.84. The lowest BCUT2D eigenvalue weighted by Gasteiger charge is -2.45. The van der Waals surface area contributed by atoms with E-state index in [1.54, 1.807) is 0 Å². The third-order valence-electron chi connectivity index (χ3n) is 3.47. The number of ether oxygens (including phenoxy) is 1. The molecule has 7 N–H and O–H groups in total. The summed E-state index contributed by atoms with van der Waals surface area (Å²) in [6, 6.07) is 0. The highest BCUT2D eigenvalue weighted by Gasteiger charge is 2.59. The van der Waals surface area contributed by atoms with Crippen molar-refractivity contribution >= 4 is 56.4 Å². The molecule has 2 heterocycles. The monoisotopic (exact) mass is 466 g/mol. The summed E-state index contributed by atoms with van der Waals surface area (Å²) in [4.78, 5) is 54.8. The maximum Gasteiger partial charge on any atom is 0.404 e. The molecule has 30 heavy (non-hydrogen) atoms. The van der Waals surface area contributed by atoms with Crippen LogP contribution in [-0.4, -0.2) is 82.3 Å². The zero-order valence-corrected chi connectivity index (χ0v) is 16.3. The highest BCUT2D eigenvalue weighted by molar-refractivity contribution is 7.84. The van der Waals surface area contributed by atoms with E-state index < -0.39 is 65.2 Å². The fourth-order valence-electron chi connectivity index (χ4n) is 2.18. The number of amides is 3. The Morgan fingerprint density at radius 2 is 2.10 bits per heavy atom. The van der Waals surface area contributed by atoms with Crippen LogP contribution < -0.4 is 16.8 Å². The van der Waals surface area contributed by atoms with Gasteiger partial charge in [0.1, 0.15) is 12.3 Å². The number of nitrogens with zero attached hydrogens (tertiary/aromatic N) is 3. The van der Waals surface area contributed by atoms with Crippen molar-refractivity contribution in [1.29, 1.82) is 0 Å². The van der Waals surface area contributed by atoms with E-state index in [1.807, 2.05) is 0 Å². The van der Waals surface area contributed by atoms with Crippen LogP contribution in [0, 0.1) is 0 Å². The first-order valence-electron chi connectivity index (χ1n) is 7.53. The summed E-state index contributed by atoms with van der Waals surface area (Å²) >= 11 is 0.907. The third kappa shape index (κ3) is 5.10. The van der Waals surface area contributed by atoms with E-state index in [1.165, 1.54) is 5.38 Å². The highest BCUT2D eigenvalue weighted by Crippen LogP contribution is 2.26. The second-order valence-electron chi connectivity index (χ2n) is 5.61. The average Bonchev–Trinajstić information content (AvgIpc) is 3.04. The van der Waals surface area contributed by atoms with Crippen molar-refractivity contribution in [2.45, 2.75) is 5.54 Å². The number of nitrogens with two attached hydrogens (primary N) is 2. The Bertz CT molecular complexity index is 1020. The molecule has 1 saturated heterocycles. The van der Waals surface area contributed by atoms with Gasteiger partial charge in [0.15, 0.2) is 16.4 Å². The molecule has 1 fully saturated rings. The molecule has 0 aliphatic carbocycles. The Morgan fingerprint density at radius 1 is 1.43 bits per heavy atom. The van der Waals surface area contributed by atoms with Gasteiger partial charge in [0.2, 0.25) is 6.61 Å². The molecule has 3 amide bonds. The van der Waals surface area contributed by atoms with Gasteiger partial charge in [-0.15, -0.1) is 11.3 Å². The highest BCUT2D eigenvalue weighted by atomic mass is 32.2. The topological polar surface area (TPSA) is 254 Å². The Morgan fingerprint density at radius 3 is 2.57 bits per heavy atom. The van der Waals surface area contributed by atoms with E-state index in [-0.39, 0.29) is 15.1 Å². The Labute approximate surface area is 171 Å². The smallest absolute Gasteiger partial charge is 0.404 e. The van der Waals surface area contributed by atoms with Crippen molar-refractivity contribution < 1.29 is 46.8 Å². The predicted molar refractivity (Wildman–Crippen MR) is 96.3 cm³/mol. The van der Waals surface area contributed by atoms with E-state index in [4.69, 9.17) is 21.1 Å². The summed E-state index contributed by atoms with van der Waals surface area (Å²) in [7, 11) is -4.94. The van der Waals surface area contributed by atoms with Crippen molar-refractivity contribution in [1.82, 2.24) is 14.6 Å². The molecule has 164 valence electrons. The molecule has 1 aromatic heterocycles. The predicted octanol–water partition coefficient (Wildman–Crippen LogP) is -2.87. The molecule has 18 heteroatoms. The van der Waals surface area contributed by atoms with Gasteiger partial charge in [-0.25, -0.2) is 18.9 Å². The normalized spacial score (nSPS) is 19.0. The van der Waals surface area contributed by atoms with Crippen molar-refractivity contribution in [2.24, 2.45) is 10.9 Å². The molecule has 0 unspecified atom stereocenters. The van der Waals surface area contributed by atoms with Crippen molar-refractivity contribution in [3.63, 3.8) is 0 Å². The minimum absolute atomic E-state index is 0.0101. The quantitative estimate of drug-likeness (QED) is 0.106.